The Hall–Kier alpha value is -3.34. The van der Waals surface area contributed by atoms with E-state index in [2.05, 4.69) is 0 Å². The highest BCUT2D eigenvalue weighted by Gasteiger charge is 2.29. The average molecular weight is 396 g/mol. The van der Waals surface area contributed by atoms with Crippen LogP contribution in [0.25, 0.3) is 23.3 Å². The summed E-state index contributed by atoms with van der Waals surface area (Å²) in [5.74, 6) is 0.162. The lowest BCUT2D eigenvalue weighted by atomic mass is 10.0. The van der Waals surface area contributed by atoms with E-state index in [1.165, 1.54) is 19.1 Å². The number of carbonyl (C=O) groups is 1. The van der Waals surface area contributed by atoms with Crippen molar-refractivity contribution in [2.24, 2.45) is 0 Å². The zero-order chi connectivity index (χ0) is 21.0. The molecule has 0 bridgehead atoms. The monoisotopic (exact) mass is 396 g/mol. The molecule has 0 saturated heterocycles. The zero-order valence-corrected chi connectivity index (χ0v) is 16.0. The van der Waals surface area contributed by atoms with E-state index in [0.29, 0.717) is 5.75 Å². The largest absolute Gasteiger partial charge is 0.426 e. The van der Waals surface area contributed by atoms with Gasteiger partial charge >= 0.3 is 12.1 Å². The van der Waals surface area contributed by atoms with E-state index in [9.17, 15) is 18.0 Å². The van der Waals surface area contributed by atoms with Gasteiger partial charge in [0, 0.05) is 6.92 Å². The Balaban J connectivity index is 1.79. The number of aryl methyl sites for hydroxylation is 1. The molecular formula is C24H19F3O2. The standard InChI is InChI=1S/C24H19F3O2/c1-16-14-19(8-13-23(16)29-17(2)28)7-6-18-4-3-5-21(15-18)20-9-11-22(12-10-20)24(25,26)27/h3-15H,1-2H3. The summed E-state index contributed by atoms with van der Waals surface area (Å²) in [6.07, 6.45) is -0.490. The summed E-state index contributed by atoms with van der Waals surface area (Å²) in [5.41, 5.74) is 3.60. The highest BCUT2D eigenvalue weighted by Crippen LogP contribution is 2.31. The molecule has 0 atom stereocenters. The second kappa shape index (κ2) is 8.35. The SMILES string of the molecule is CC(=O)Oc1ccc(C=Cc2cccc(-c3ccc(C(F)(F)F)cc3)c2)cc1C. The molecule has 3 rings (SSSR count). The fourth-order valence-corrected chi connectivity index (χ4v) is 2.91. The molecule has 3 aromatic carbocycles. The van der Waals surface area contributed by atoms with Gasteiger partial charge in [0.1, 0.15) is 5.75 Å². The molecule has 0 aliphatic carbocycles. The second-order valence-electron chi connectivity index (χ2n) is 6.65. The van der Waals surface area contributed by atoms with Crippen LogP contribution in [0.3, 0.4) is 0 Å². The van der Waals surface area contributed by atoms with Crippen molar-refractivity contribution < 1.29 is 22.7 Å². The summed E-state index contributed by atoms with van der Waals surface area (Å²) in [7, 11) is 0. The van der Waals surface area contributed by atoms with Crippen LogP contribution in [0.5, 0.6) is 5.75 Å². The van der Waals surface area contributed by atoms with Crippen molar-refractivity contribution in [3.05, 3.63) is 89.0 Å². The average Bonchev–Trinajstić information content (AvgIpc) is 2.68. The molecule has 3 aromatic rings. The Morgan fingerprint density at radius 3 is 2.10 bits per heavy atom. The summed E-state index contributed by atoms with van der Waals surface area (Å²) in [6, 6.07) is 18.2. The van der Waals surface area contributed by atoms with Gasteiger partial charge in [0.15, 0.2) is 0 Å². The van der Waals surface area contributed by atoms with Crippen LogP contribution in [0, 0.1) is 6.92 Å². The van der Waals surface area contributed by atoms with E-state index in [1.54, 1.807) is 6.07 Å². The van der Waals surface area contributed by atoms with Gasteiger partial charge in [-0.15, -0.1) is 0 Å². The van der Waals surface area contributed by atoms with Gasteiger partial charge in [-0.2, -0.15) is 13.2 Å². The fraction of sp³-hybridized carbons (Fsp3) is 0.125. The van der Waals surface area contributed by atoms with E-state index >= 15 is 0 Å². The predicted octanol–water partition coefficient (Wildman–Crippen LogP) is 6.78. The molecule has 0 spiro atoms. The summed E-state index contributed by atoms with van der Waals surface area (Å²) in [4.78, 5) is 11.1. The Morgan fingerprint density at radius 2 is 1.52 bits per heavy atom. The molecule has 0 fully saturated rings. The Kier molecular flexibility index (Phi) is 5.87. The van der Waals surface area contributed by atoms with Gasteiger partial charge in [0.25, 0.3) is 0 Å². The molecule has 0 aliphatic rings. The van der Waals surface area contributed by atoms with Crippen molar-refractivity contribution in [1.82, 2.24) is 0 Å². The number of carbonyl (C=O) groups excluding carboxylic acids is 1. The van der Waals surface area contributed by atoms with Crippen LogP contribution < -0.4 is 4.74 Å². The van der Waals surface area contributed by atoms with Crippen LogP contribution in [0.1, 0.15) is 29.2 Å². The number of ether oxygens (including phenoxy) is 1. The Bertz CT molecular complexity index is 1050. The molecule has 0 aromatic heterocycles. The van der Waals surface area contributed by atoms with Crippen LogP contribution in [0.15, 0.2) is 66.7 Å². The van der Waals surface area contributed by atoms with Crippen molar-refractivity contribution in [3.8, 4) is 16.9 Å². The number of hydrogen-bond acceptors (Lipinski definition) is 2. The van der Waals surface area contributed by atoms with Crippen LogP contribution in [0.2, 0.25) is 0 Å². The van der Waals surface area contributed by atoms with Gasteiger partial charge in [-0.3, -0.25) is 4.79 Å². The quantitative estimate of drug-likeness (QED) is 0.276. The molecule has 0 saturated carbocycles. The minimum absolute atomic E-state index is 0.364. The van der Waals surface area contributed by atoms with E-state index in [0.717, 1.165) is 39.9 Å². The smallest absolute Gasteiger partial charge is 0.416 e. The van der Waals surface area contributed by atoms with Crippen LogP contribution >= 0.6 is 0 Å². The topological polar surface area (TPSA) is 26.3 Å². The number of benzene rings is 3. The molecule has 0 aliphatic heterocycles. The van der Waals surface area contributed by atoms with Gasteiger partial charge < -0.3 is 4.74 Å². The van der Waals surface area contributed by atoms with Gasteiger partial charge in [0.05, 0.1) is 5.56 Å². The number of hydrogen-bond donors (Lipinski definition) is 0. The third-order valence-electron chi connectivity index (χ3n) is 4.35. The first-order valence-electron chi connectivity index (χ1n) is 8.97. The van der Waals surface area contributed by atoms with Crippen molar-refractivity contribution >= 4 is 18.1 Å². The lowest BCUT2D eigenvalue weighted by Crippen LogP contribution is -2.03. The number of alkyl halides is 3. The second-order valence-corrected chi connectivity index (χ2v) is 6.65. The Morgan fingerprint density at radius 1 is 0.862 bits per heavy atom. The molecule has 5 heteroatoms. The summed E-state index contributed by atoms with van der Waals surface area (Å²) < 4.78 is 43.3. The minimum Gasteiger partial charge on any atom is -0.426 e. The summed E-state index contributed by atoms with van der Waals surface area (Å²) >= 11 is 0. The van der Waals surface area contributed by atoms with E-state index in [-0.39, 0.29) is 5.97 Å². The molecular weight excluding hydrogens is 377 g/mol. The lowest BCUT2D eigenvalue weighted by Gasteiger charge is -2.08. The van der Waals surface area contributed by atoms with Gasteiger partial charge in [-0.1, -0.05) is 48.6 Å². The summed E-state index contributed by atoms with van der Waals surface area (Å²) in [5, 5.41) is 0. The van der Waals surface area contributed by atoms with Gasteiger partial charge in [0.2, 0.25) is 0 Å². The maximum atomic E-state index is 12.7. The molecule has 0 unspecified atom stereocenters. The first-order chi connectivity index (χ1) is 13.7. The molecule has 0 radical (unpaired) electrons. The van der Waals surface area contributed by atoms with Crippen molar-refractivity contribution in [3.63, 3.8) is 0 Å². The third-order valence-corrected chi connectivity index (χ3v) is 4.35. The fourth-order valence-electron chi connectivity index (χ4n) is 2.91. The number of esters is 1. The highest BCUT2D eigenvalue weighted by molar-refractivity contribution is 5.75. The van der Waals surface area contributed by atoms with E-state index < -0.39 is 11.7 Å². The van der Waals surface area contributed by atoms with Crippen molar-refractivity contribution in [2.75, 3.05) is 0 Å². The van der Waals surface area contributed by atoms with E-state index in [4.69, 9.17) is 4.74 Å². The number of halogens is 3. The molecule has 0 heterocycles. The molecule has 2 nitrogen and oxygen atoms in total. The van der Waals surface area contributed by atoms with Crippen LogP contribution in [-0.4, -0.2) is 5.97 Å². The number of rotatable bonds is 4. The minimum atomic E-state index is -4.34. The zero-order valence-electron chi connectivity index (χ0n) is 16.0. The maximum Gasteiger partial charge on any atom is 0.416 e. The van der Waals surface area contributed by atoms with Crippen LogP contribution in [-0.2, 0) is 11.0 Å². The first kappa shape index (κ1) is 20.4. The summed E-state index contributed by atoms with van der Waals surface area (Å²) in [6.45, 7) is 3.22. The first-order valence-corrected chi connectivity index (χ1v) is 8.97. The lowest BCUT2D eigenvalue weighted by molar-refractivity contribution is -0.137. The predicted molar refractivity (Wildman–Crippen MR) is 108 cm³/mol. The highest BCUT2D eigenvalue weighted by atomic mass is 19.4. The molecule has 29 heavy (non-hydrogen) atoms. The van der Waals surface area contributed by atoms with Gasteiger partial charge in [-0.25, -0.2) is 0 Å². The molecule has 0 N–H and O–H groups in total. The van der Waals surface area contributed by atoms with Crippen molar-refractivity contribution in [2.45, 2.75) is 20.0 Å². The van der Waals surface area contributed by atoms with Crippen molar-refractivity contribution in [1.29, 1.82) is 0 Å². The third kappa shape index (κ3) is 5.35. The normalized spacial score (nSPS) is 11.6. The van der Waals surface area contributed by atoms with Gasteiger partial charge in [-0.05, 0) is 65.1 Å². The van der Waals surface area contributed by atoms with Crippen LogP contribution in [0.4, 0.5) is 13.2 Å². The maximum absolute atomic E-state index is 12.7. The Labute approximate surface area is 167 Å². The van der Waals surface area contributed by atoms with E-state index in [1.807, 2.05) is 55.5 Å². The molecule has 148 valence electrons. The molecule has 0 amide bonds.